The first kappa shape index (κ1) is 25.5. The van der Waals surface area contributed by atoms with Gasteiger partial charge in [-0.3, -0.25) is 10.1 Å². The quantitative estimate of drug-likeness (QED) is 0.318. The Bertz CT molecular complexity index is 886. The fourth-order valence-corrected chi connectivity index (χ4v) is 3.10. The minimum absolute atomic E-state index is 0.0771. The van der Waals surface area contributed by atoms with Gasteiger partial charge in [0.2, 0.25) is 5.88 Å². The summed E-state index contributed by atoms with van der Waals surface area (Å²) in [6.45, 7) is 6.50. The Balaban J connectivity index is 2.28. The van der Waals surface area contributed by atoms with Gasteiger partial charge in [-0.05, 0) is 20.3 Å². The van der Waals surface area contributed by atoms with E-state index < -0.39 is 24.1 Å². The lowest BCUT2D eigenvalue weighted by Crippen LogP contribution is -2.50. The van der Waals surface area contributed by atoms with Gasteiger partial charge in [0.15, 0.2) is 6.10 Å². The van der Waals surface area contributed by atoms with Crippen LogP contribution in [-0.2, 0) is 37.1 Å². The highest BCUT2D eigenvalue weighted by atomic mass is 16.6. The van der Waals surface area contributed by atoms with Gasteiger partial charge in [0.05, 0.1) is 20.3 Å². The Morgan fingerprint density at radius 2 is 1.88 bits per heavy atom. The lowest BCUT2D eigenvalue weighted by atomic mass is 10.1. The van der Waals surface area contributed by atoms with Crippen LogP contribution in [0.25, 0.3) is 11.0 Å². The number of unbranched alkanes of at least 4 members (excludes halogenated alkanes) is 1. The number of ether oxygens (including phenoxy) is 4. The van der Waals surface area contributed by atoms with E-state index >= 15 is 0 Å². The summed E-state index contributed by atoms with van der Waals surface area (Å²) in [5, 5.41) is 13.2. The highest BCUT2D eigenvalue weighted by molar-refractivity contribution is 5.87. The van der Waals surface area contributed by atoms with Crippen molar-refractivity contribution in [1.29, 1.82) is 0 Å². The Hall–Kier alpha value is -2.76. The molecular weight excluding hydrogens is 420 g/mol. The molecule has 0 aromatic carbocycles. The molecule has 2 rings (SSSR count). The second kappa shape index (κ2) is 12.9. The zero-order valence-corrected chi connectivity index (χ0v) is 19.0. The highest BCUT2D eigenvalue weighted by Gasteiger charge is 2.34. The van der Waals surface area contributed by atoms with E-state index in [9.17, 15) is 14.7 Å². The third kappa shape index (κ3) is 6.38. The highest BCUT2D eigenvalue weighted by Crippen LogP contribution is 2.26. The molecule has 0 fully saturated rings. The number of aromatic nitrogens is 3. The van der Waals surface area contributed by atoms with Crippen molar-refractivity contribution >= 4 is 23.0 Å². The van der Waals surface area contributed by atoms with Gasteiger partial charge in [0.1, 0.15) is 30.1 Å². The summed E-state index contributed by atoms with van der Waals surface area (Å²) in [6, 6.07) is -1.31. The van der Waals surface area contributed by atoms with E-state index in [0.717, 1.165) is 12.8 Å². The molecule has 2 heterocycles. The van der Waals surface area contributed by atoms with E-state index in [1.165, 1.54) is 13.4 Å². The molecular formula is C21H32N4O7. The molecule has 0 spiro atoms. The average Bonchev–Trinajstić information content (AvgIpc) is 3.15. The number of hydrogen-bond acceptors (Lipinski definition) is 10. The minimum atomic E-state index is -1.72. The summed E-state index contributed by atoms with van der Waals surface area (Å²) in [4.78, 5) is 32.9. The Morgan fingerprint density at radius 1 is 1.16 bits per heavy atom. The number of esters is 2. The van der Waals surface area contributed by atoms with Crippen molar-refractivity contribution in [3.63, 3.8) is 0 Å². The molecule has 2 aromatic rings. The van der Waals surface area contributed by atoms with E-state index in [0.29, 0.717) is 29.1 Å². The second-order valence-electron chi connectivity index (χ2n) is 6.90. The molecule has 0 aliphatic rings. The standard InChI is InChI=1S/C21H32N4O7/c1-5-8-9-30-13-25-11-14(15-17(25)19(29-4)24-12-23-15)10-22-16(20(27)31-6-2)18(26)21(28)32-7-3/h11-12,16,18,22,26H,5-10,13H2,1-4H3/t16-,18+/m1/s1. The molecule has 178 valence electrons. The maximum absolute atomic E-state index is 12.4. The van der Waals surface area contributed by atoms with Gasteiger partial charge in [-0.1, -0.05) is 13.3 Å². The molecule has 11 nitrogen and oxygen atoms in total. The van der Waals surface area contributed by atoms with Crippen molar-refractivity contribution in [1.82, 2.24) is 19.9 Å². The fourth-order valence-electron chi connectivity index (χ4n) is 3.10. The number of rotatable bonds is 14. The first-order valence-corrected chi connectivity index (χ1v) is 10.7. The molecule has 0 saturated heterocycles. The van der Waals surface area contributed by atoms with Crippen LogP contribution < -0.4 is 10.1 Å². The van der Waals surface area contributed by atoms with Crippen LogP contribution >= 0.6 is 0 Å². The van der Waals surface area contributed by atoms with E-state index in [1.807, 2.05) is 4.57 Å². The predicted molar refractivity (Wildman–Crippen MR) is 115 cm³/mol. The summed E-state index contributed by atoms with van der Waals surface area (Å²) < 4.78 is 22.8. The van der Waals surface area contributed by atoms with Gasteiger partial charge >= 0.3 is 11.9 Å². The number of hydrogen-bond donors (Lipinski definition) is 2. The van der Waals surface area contributed by atoms with Crippen molar-refractivity contribution in [3.05, 3.63) is 18.1 Å². The number of fused-ring (bicyclic) bond motifs is 1. The van der Waals surface area contributed by atoms with Crippen LogP contribution in [0.15, 0.2) is 12.5 Å². The van der Waals surface area contributed by atoms with Gasteiger partial charge in [0.25, 0.3) is 0 Å². The monoisotopic (exact) mass is 452 g/mol. The molecule has 0 bridgehead atoms. The van der Waals surface area contributed by atoms with Crippen molar-refractivity contribution in [2.45, 2.75) is 59.0 Å². The molecule has 0 aliphatic heterocycles. The van der Waals surface area contributed by atoms with Gasteiger partial charge < -0.3 is 28.6 Å². The zero-order chi connectivity index (χ0) is 23.5. The molecule has 2 aromatic heterocycles. The van der Waals surface area contributed by atoms with Crippen LogP contribution in [-0.4, -0.2) is 70.7 Å². The van der Waals surface area contributed by atoms with Crippen LogP contribution in [0, 0.1) is 0 Å². The van der Waals surface area contributed by atoms with Crippen molar-refractivity contribution in [2.75, 3.05) is 26.9 Å². The molecule has 0 saturated carbocycles. The number of carbonyl (C=O) groups is 2. The first-order valence-electron chi connectivity index (χ1n) is 10.7. The largest absolute Gasteiger partial charge is 0.479 e. The third-order valence-electron chi connectivity index (χ3n) is 4.65. The van der Waals surface area contributed by atoms with Crippen molar-refractivity contribution < 1.29 is 33.6 Å². The SMILES string of the molecule is CCCCOCn1cc(CN[C@@H](C(=O)OCC)[C@H](O)C(=O)OCC)c2ncnc(OC)c21. The molecule has 11 heteroatoms. The number of nitrogens with one attached hydrogen (secondary N) is 1. The van der Waals surface area contributed by atoms with Crippen molar-refractivity contribution in [3.8, 4) is 5.88 Å². The van der Waals surface area contributed by atoms with E-state index in [-0.39, 0.29) is 26.5 Å². The minimum Gasteiger partial charge on any atom is -0.479 e. The smallest absolute Gasteiger partial charge is 0.337 e. The molecule has 2 atom stereocenters. The first-order chi connectivity index (χ1) is 15.5. The summed E-state index contributed by atoms with van der Waals surface area (Å²) in [7, 11) is 1.52. The van der Waals surface area contributed by atoms with Crippen LogP contribution in [0.1, 0.15) is 39.2 Å². The van der Waals surface area contributed by atoms with Crippen LogP contribution in [0.5, 0.6) is 5.88 Å². The lowest BCUT2D eigenvalue weighted by molar-refractivity contribution is -0.162. The number of nitrogens with zero attached hydrogens (tertiary/aromatic N) is 3. The molecule has 0 radical (unpaired) electrons. The summed E-state index contributed by atoms with van der Waals surface area (Å²) >= 11 is 0. The lowest BCUT2D eigenvalue weighted by Gasteiger charge is -2.21. The zero-order valence-electron chi connectivity index (χ0n) is 19.0. The van der Waals surface area contributed by atoms with Crippen LogP contribution in [0.3, 0.4) is 0 Å². The topological polar surface area (TPSA) is 134 Å². The molecule has 0 amide bonds. The van der Waals surface area contributed by atoms with Gasteiger partial charge in [-0.15, -0.1) is 0 Å². The van der Waals surface area contributed by atoms with Gasteiger partial charge in [-0.2, -0.15) is 4.98 Å². The summed E-state index contributed by atoms with van der Waals surface area (Å²) in [5.74, 6) is -1.28. The predicted octanol–water partition coefficient (Wildman–Crippen LogP) is 1.16. The molecule has 0 unspecified atom stereocenters. The number of carbonyl (C=O) groups excluding carboxylic acids is 2. The summed E-state index contributed by atoms with van der Waals surface area (Å²) in [6.07, 6.45) is 3.42. The van der Waals surface area contributed by atoms with Gasteiger partial charge in [-0.25, -0.2) is 9.78 Å². The molecule has 0 aliphatic carbocycles. The van der Waals surface area contributed by atoms with Gasteiger partial charge in [0, 0.05) is 24.9 Å². The Labute approximate surface area is 187 Å². The summed E-state index contributed by atoms with van der Waals surface area (Å²) in [5.41, 5.74) is 1.93. The normalized spacial score (nSPS) is 13.0. The second-order valence-corrected chi connectivity index (χ2v) is 6.90. The van der Waals surface area contributed by atoms with E-state index in [2.05, 4.69) is 22.2 Å². The average molecular weight is 453 g/mol. The van der Waals surface area contributed by atoms with Crippen LogP contribution in [0.4, 0.5) is 0 Å². The number of aliphatic hydroxyl groups excluding tert-OH is 1. The van der Waals surface area contributed by atoms with E-state index in [4.69, 9.17) is 18.9 Å². The number of aliphatic hydroxyl groups is 1. The van der Waals surface area contributed by atoms with Crippen LogP contribution in [0.2, 0.25) is 0 Å². The van der Waals surface area contributed by atoms with Crippen molar-refractivity contribution in [2.24, 2.45) is 0 Å². The Morgan fingerprint density at radius 3 is 2.53 bits per heavy atom. The molecule has 2 N–H and O–H groups in total. The maximum Gasteiger partial charge on any atom is 0.337 e. The maximum atomic E-state index is 12.4. The molecule has 32 heavy (non-hydrogen) atoms. The third-order valence-corrected chi connectivity index (χ3v) is 4.65. The fraction of sp³-hybridized carbons (Fsp3) is 0.619. The van der Waals surface area contributed by atoms with E-state index in [1.54, 1.807) is 20.0 Å². The Kier molecular flexibility index (Phi) is 10.3. The number of methoxy groups -OCH3 is 1.